The molecule has 0 fully saturated rings. The number of hydrogen-bond donors (Lipinski definition) is 1. The van der Waals surface area contributed by atoms with Crippen LogP contribution >= 0.6 is 0 Å². The summed E-state index contributed by atoms with van der Waals surface area (Å²) in [7, 11) is 1.66. The molecular formula is C15H20N2O2. The molecule has 1 aromatic rings. The number of nitrogens with zero attached hydrogens (tertiary/aromatic N) is 1. The van der Waals surface area contributed by atoms with Crippen LogP contribution in [0, 0.1) is 25.2 Å². The highest BCUT2D eigenvalue weighted by Crippen LogP contribution is 2.23. The summed E-state index contributed by atoms with van der Waals surface area (Å²) in [5.74, 6) is 0.823. The molecule has 0 bridgehead atoms. The van der Waals surface area contributed by atoms with Gasteiger partial charge in [0, 0.05) is 19.4 Å². The number of benzene rings is 1. The van der Waals surface area contributed by atoms with Crippen molar-refractivity contribution in [2.75, 3.05) is 13.7 Å². The van der Waals surface area contributed by atoms with Crippen molar-refractivity contribution in [3.8, 4) is 11.8 Å². The minimum atomic E-state index is -0.0653. The first-order chi connectivity index (χ1) is 9.10. The Bertz CT molecular complexity index is 490. The fraction of sp³-hybridized carbons (Fsp3) is 0.467. The zero-order valence-corrected chi connectivity index (χ0v) is 11.7. The van der Waals surface area contributed by atoms with Gasteiger partial charge in [-0.2, -0.15) is 5.26 Å². The molecule has 0 saturated carbocycles. The molecule has 1 aromatic carbocycles. The number of rotatable bonds is 6. The summed E-state index contributed by atoms with van der Waals surface area (Å²) in [4.78, 5) is 11.4. The van der Waals surface area contributed by atoms with Gasteiger partial charge in [0.2, 0.25) is 5.91 Å². The summed E-state index contributed by atoms with van der Waals surface area (Å²) < 4.78 is 5.27. The van der Waals surface area contributed by atoms with Crippen LogP contribution < -0.4 is 10.1 Å². The second-order valence-electron chi connectivity index (χ2n) is 4.44. The first-order valence-electron chi connectivity index (χ1n) is 6.37. The third kappa shape index (κ3) is 4.29. The van der Waals surface area contributed by atoms with Crippen LogP contribution in [-0.4, -0.2) is 19.6 Å². The summed E-state index contributed by atoms with van der Waals surface area (Å²) >= 11 is 0. The van der Waals surface area contributed by atoms with E-state index in [4.69, 9.17) is 10.00 Å². The normalized spacial score (nSPS) is 9.79. The van der Waals surface area contributed by atoms with Crippen LogP contribution in [0.5, 0.6) is 5.75 Å². The molecule has 0 aliphatic carbocycles. The van der Waals surface area contributed by atoms with Crippen LogP contribution in [-0.2, 0) is 11.2 Å². The van der Waals surface area contributed by atoms with E-state index in [1.165, 1.54) is 11.1 Å². The van der Waals surface area contributed by atoms with Gasteiger partial charge in [-0.05, 0) is 43.0 Å². The minimum absolute atomic E-state index is 0.0653. The molecule has 19 heavy (non-hydrogen) atoms. The van der Waals surface area contributed by atoms with Gasteiger partial charge in [-0.15, -0.1) is 0 Å². The Kier molecular flexibility index (Phi) is 5.87. The largest absolute Gasteiger partial charge is 0.496 e. The van der Waals surface area contributed by atoms with E-state index in [2.05, 4.69) is 12.2 Å². The van der Waals surface area contributed by atoms with Gasteiger partial charge >= 0.3 is 0 Å². The molecule has 102 valence electrons. The third-order valence-electron chi connectivity index (χ3n) is 3.25. The molecule has 0 aliphatic heterocycles. The maximum atomic E-state index is 11.4. The van der Waals surface area contributed by atoms with Gasteiger partial charge in [0.15, 0.2) is 0 Å². The van der Waals surface area contributed by atoms with Crippen LogP contribution in [0.25, 0.3) is 0 Å². The molecule has 0 spiro atoms. The SMILES string of the molecule is COc1ccc(CCNC(=O)CCC#N)c(C)c1C. The smallest absolute Gasteiger partial charge is 0.221 e. The molecule has 1 N–H and O–H groups in total. The van der Waals surface area contributed by atoms with Crippen molar-refractivity contribution in [3.63, 3.8) is 0 Å². The summed E-state index contributed by atoms with van der Waals surface area (Å²) in [5.41, 5.74) is 3.54. The van der Waals surface area contributed by atoms with Crippen molar-refractivity contribution in [1.29, 1.82) is 5.26 Å². The fourth-order valence-corrected chi connectivity index (χ4v) is 1.94. The third-order valence-corrected chi connectivity index (χ3v) is 3.25. The Morgan fingerprint density at radius 1 is 1.37 bits per heavy atom. The number of methoxy groups -OCH3 is 1. The Balaban J connectivity index is 2.53. The van der Waals surface area contributed by atoms with Crippen molar-refractivity contribution in [2.45, 2.75) is 33.1 Å². The Labute approximate surface area is 114 Å². The predicted molar refractivity (Wildman–Crippen MR) is 74.0 cm³/mol. The molecule has 0 saturated heterocycles. The number of ether oxygens (including phenoxy) is 1. The number of amides is 1. The highest BCUT2D eigenvalue weighted by atomic mass is 16.5. The number of nitriles is 1. The molecule has 0 unspecified atom stereocenters. The zero-order valence-electron chi connectivity index (χ0n) is 11.7. The summed E-state index contributed by atoms with van der Waals surface area (Å²) in [5, 5.41) is 11.2. The van der Waals surface area contributed by atoms with Crippen molar-refractivity contribution < 1.29 is 9.53 Å². The van der Waals surface area contributed by atoms with E-state index in [0.717, 1.165) is 17.7 Å². The molecule has 0 atom stereocenters. The number of carbonyl (C=O) groups excluding carboxylic acids is 1. The predicted octanol–water partition coefficient (Wildman–Crippen LogP) is 2.27. The van der Waals surface area contributed by atoms with E-state index < -0.39 is 0 Å². The topological polar surface area (TPSA) is 62.1 Å². The second kappa shape index (κ2) is 7.42. The van der Waals surface area contributed by atoms with Crippen LogP contribution in [0.4, 0.5) is 0 Å². The Morgan fingerprint density at radius 3 is 2.74 bits per heavy atom. The molecule has 4 heteroatoms. The van der Waals surface area contributed by atoms with Gasteiger partial charge < -0.3 is 10.1 Å². The lowest BCUT2D eigenvalue weighted by atomic mass is 10.00. The Morgan fingerprint density at radius 2 is 2.11 bits per heavy atom. The van der Waals surface area contributed by atoms with E-state index in [0.29, 0.717) is 6.54 Å². The minimum Gasteiger partial charge on any atom is -0.496 e. The standard InChI is InChI=1S/C15H20N2O2/c1-11-12(2)14(19-3)7-6-13(11)8-10-17-15(18)5-4-9-16/h6-7H,4-5,8,10H2,1-3H3,(H,17,18). The molecule has 0 heterocycles. The maximum absolute atomic E-state index is 11.4. The summed E-state index contributed by atoms with van der Waals surface area (Å²) in [6, 6.07) is 5.95. The van der Waals surface area contributed by atoms with Gasteiger partial charge in [-0.25, -0.2) is 0 Å². The van der Waals surface area contributed by atoms with E-state index in [-0.39, 0.29) is 18.7 Å². The lowest BCUT2D eigenvalue weighted by Crippen LogP contribution is -2.25. The number of hydrogen-bond acceptors (Lipinski definition) is 3. The quantitative estimate of drug-likeness (QED) is 0.853. The van der Waals surface area contributed by atoms with Crippen LogP contribution in [0.15, 0.2) is 12.1 Å². The molecular weight excluding hydrogens is 240 g/mol. The van der Waals surface area contributed by atoms with E-state index in [1.807, 2.05) is 25.1 Å². The highest BCUT2D eigenvalue weighted by molar-refractivity contribution is 5.76. The molecule has 4 nitrogen and oxygen atoms in total. The van der Waals surface area contributed by atoms with Gasteiger partial charge in [0.1, 0.15) is 5.75 Å². The van der Waals surface area contributed by atoms with Crippen molar-refractivity contribution in [3.05, 3.63) is 28.8 Å². The van der Waals surface area contributed by atoms with Crippen molar-refractivity contribution in [2.24, 2.45) is 0 Å². The first kappa shape index (κ1) is 15.0. The van der Waals surface area contributed by atoms with E-state index in [9.17, 15) is 4.79 Å². The molecule has 0 aromatic heterocycles. The van der Waals surface area contributed by atoms with Crippen LogP contribution in [0.2, 0.25) is 0 Å². The fourth-order valence-electron chi connectivity index (χ4n) is 1.94. The highest BCUT2D eigenvalue weighted by Gasteiger charge is 2.07. The summed E-state index contributed by atoms with van der Waals surface area (Å²) in [6.07, 6.45) is 1.33. The van der Waals surface area contributed by atoms with Gasteiger partial charge in [-0.1, -0.05) is 6.07 Å². The second-order valence-corrected chi connectivity index (χ2v) is 4.44. The summed E-state index contributed by atoms with van der Waals surface area (Å²) in [6.45, 7) is 4.69. The van der Waals surface area contributed by atoms with Gasteiger partial charge in [-0.3, -0.25) is 4.79 Å². The van der Waals surface area contributed by atoms with Crippen LogP contribution in [0.1, 0.15) is 29.5 Å². The maximum Gasteiger partial charge on any atom is 0.221 e. The van der Waals surface area contributed by atoms with Gasteiger partial charge in [0.25, 0.3) is 0 Å². The van der Waals surface area contributed by atoms with E-state index >= 15 is 0 Å². The number of nitrogens with one attached hydrogen (secondary N) is 1. The first-order valence-corrected chi connectivity index (χ1v) is 6.37. The molecule has 0 aliphatic rings. The Hall–Kier alpha value is -2.02. The lowest BCUT2D eigenvalue weighted by Gasteiger charge is -2.12. The number of carbonyl (C=O) groups is 1. The van der Waals surface area contributed by atoms with Gasteiger partial charge in [0.05, 0.1) is 13.2 Å². The monoisotopic (exact) mass is 260 g/mol. The van der Waals surface area contributed by atoms with Crippen LogP contribution in [0.3, 0.4) is 0 Å². The average Bonchev–Trinajstić information content (AvgIpc) is 2.41. The molecule has 0 radical (unpaired) electrons. The lowest BCUT2D eigenvalue weighted by molar-refractivity contribution is -0.120. The van der Waals surface area contributed by atoms with Crippen molar-refractivity contribution in [1.82, 2.24) is 5.32 Å². The van der Waals surface area contributed by atoms with Crippen molar-refractivity contribution >= 4 is 5.91 Å². The molecule has 1 rings (SSSR count). The van der Waals surface area contributed by atoms with E-state index in [1.54, 1.807) is 7.11 Å². The average molecular weight is 260 g/mol. The zero-order chi connectivity index (χ0) is 14.3. The molecule has 1 amide bonds.